The molecule has 0 saturated heterocycles. The highest BCUT2D eigenvalue weighted by atomic mass is 16.2. The van der Waals surface area contributed by atoms with Crippen molar-refractivity contribution in [1.29, 1.82) is 0 Å². The highest BCUT2D eigenvalue weighted by Crippen LogP contribution is 2.67. The number of rotatable bonds is 1. The quantitative estimate of drug-likeness (QED) is 0.616. The van der Waals surface area contributed by atoms with Gasteiger partial charge in [0.05, 0.1) is 0 Å². The first-order chi connectivity index (χ1) is 12.2. The summed E-state index contributed by atoms with van der Waals surface area (Å²) in [4.78, 5) is 13.1. The molecule has 4 fully saturated rings. The molecule has 2 heteroatoms. The lowest BCUT2D eigenvalue weighted by Gasteiger charge is -2.60. The van der Waals surface area contributed by atoms with Gasteiger partial charge in [0.25, 0.3) is 0 Å². The van der Waals surface area contributed by atoms with Gasteiger partial charge in [0.1, 0.15) is 0 Å². The molecule has 0 aromatic carbocycles. The number of amides is 1. The number of hydrogen-bond acceptors (Lipinski definition) is 1. The summed E-state index contributed by atoms with van der Waals surface area (Å²) in [5.74, 6) is 4.17. The van der Waals surface area contributed by atoms with Crippen molar-refractivity contribution in [2.45, 2.75) is 104 Å². The lowest BCUT2D eigenvalue weighted by atomic mass is 9.45. The second kappa shape index (κ2) is 6.24. The zero-order valence-electron chi connectivity index (χ0n) is 17.9. The second-order valence-electron chi connectivity index (χ2n) is 11.8. The fourth-order valence-electron chi connectivity index (χ4n) is 8.18. The molecule has 0 aromatic rings. The van der Waals surface area contributed by atoms with Gasteiger partial charge in [-0.25, -0.2) is 0 Å². The number of fused-ring (bicyclic) bond motifs is 5. The summed E-state index contributed by atoms with van der Waals surface area (Å²) in [7, 11) is 0. The third kappa shape index (κ3) is 2.85. The van der Waals surface area contributed by atoms with Crippen LogP contribution in [0.2, 0.25) is 0 Å². The molecule has 26 heavy (non-hydrogen) atoms. The van der Waals surface area contributed by atoms with Gasteiger partial charge in [-0.05, 0) is 107 Å². The van der Waals surface area contributed by atoms with E-state index in [0.29, 0.717) is 11.3 Å². The molecule has 0 bridgehead atoms. The molecule has 148 valence electrons. The molecule has 0 heterocycles. The molecule has 1 amide bonds. The first kappa shape index (κ1) is 18.8. The minimum Gasteiger partial charge on any atom is -0.351 e. The van der Waals surface area contributed by atoms with E-state index in [-0.39, 0.29) is 16.9 Å². The molecule has 4 aliphatic rings. The maximum absolute atomic E-state index is 13.1. The normalized spacial score (nSPS) is 48.3. The van der Waals surface area contributed by atoms with E-state index in [9.17, 15) is 4.79 Å². The molecule has 4 saturated carbocycles. The standard InChI is InChI=1S/C24H41NO/c1-22(2,3)25-21(26)20-12-11-18-17-10-9-16-8-6-7-14-23(16,4)19(17)13-15-24(18,20)5/h16-20H,6-15H2,1-5H3,(H,25,26)/t16-,17+,18+,19+,20-,23+,24+/m1/s1. The Hall–Kier alpha value is -0.530. The van der Waals surface area contributed by atoms with Crippen LogP contribution in [0.4, 0.5) is 0 Å². The van der Waals surface area contributed by atoms with Gasteiger partial charge < -0.3 is 5.32 Å². The topological polar surface area (TPSA) is 29.1 Å². The van der Waals surface area contributed by atoms with E-state index in [1.807, 2.05) is 0 Å². The van der Waals surface area contributed by atoms with Gasteiger partial charge in [0, 0.05) is 11.5 Å². The Morgan fingerprint density at radius 1 is 0.846 bits per heavy atom. The van der Waals surface area contributed by atoms with Crippen molar-refractivity contribution >= 4 is 5.91 Å². The van der Waals surface area contributed by atoms with E-state index >= 15 is 0 Å². The first-order valence-electron chi connectivity index (χ1n) is 11.5. The van der Waals surface area contributed by atoms with Crippen molar-refractivity contribution in [3.05, 3.63) is 0 Å². The van der Waals surface area contributed by atoms with Crippen molar-refractivity contribution in [3.63, 3.8) is 0 Å². The zero-order valence-corrected chi connectivity index (χ0v) is 17.9. The van der Waals surface area contributed by atoms with Crippen LogP contribution in [0, 0.1) is 40.4 Å². The maximum Gasteiger partial charge on any atom is 0.224 e. The average Bonchev–Trinajstić information content (AvgIpc) is 2.90. The Kier molecular flexibility index (Phi) is 4.52. The fourth-order valence-corrected chi connectivity index (χ4v) is 8.18. The van der Waals surface area contributed by atoms with Crippen LogP contribution < -0.4 is 5.32 Å². The Bertz CT molecular complexity index is 563. The number of carbonyl (C=O) groups excluding carboxylic acids is 1. The number of hydrogen-bond donors (Lipinski definition) is 1. The van der Waals surface area contributed by atoms with Gasteiger partial charge in [-0.3, -0.25) is 4.79 Å². The molecule has 4 rings (SSSR count). The lowest BCUT2D eigenvalue weighted by Crippen LogP contribution is -2.54. The predicted octanol–water partition coefficient (Wildman–Crippen LogP) is 5.95. The van der Waals surface area contributed by atoms with Crippen molar-refractivity contribution in [2.24, 2.45) is 40.4 Å². The van der Waals surface area contributed by atoms with Gasteiger partial charge >= 0.3 is 0 Å². The minimum absolute atomic E-state index is 0.115. The van der Waals surface area contributed by atoms with Crippen LogP contribution in [0.3, 0.4) is 0 Å². The largest absolute Gasteiger partial charge is 0.351 e. The van der Waals surface area contributed by atoms with Crippen LogP contribution in [0.25, 0.3) is 0 Å². The molecular weight excluding hydrogens is 318 g/mol. The van der Waals surface area contributed by atoms with E-state index in [2.05, 4.69) is 39.9 Å². The zero-order chi connectivity index (χ0) is 18.7. The summed E-state index contributed by atoms with van der Waals surface area (Å²) >= 11 is 0. The molecular formula is C24H41NO. The van der Waals surface area contributed by atoms with Crippen molar-refractivity contribution in [3.8, 4) is 0 Å². The molecule has 0 aliphatic heterocycles. The molecule has 2 nitrogen and oxygen atoms in total. The van der Waals surface area contributed by atoms with Gasteiger partial charge in [0.15, 0.2) is 0 Å². The summed E-state index contributed by atoms with van der Waals surface area (Å²) in [5.41, 5.74) is 0.735. The Morgan fingerprint density at radius 3 is 2.31 bits per heavy atom. The third-order valence-electron chi connectivity index (χ3n) is 9.40. The summed E-state index contributed by atoms with van der Waals surface area (Å²) in [5, 5.41) is 3.31. The summed E-state index contributed by atoms with van der Waals surface area (Å²) in [6.07, 6.45) is 13.8. The van der Waals surface area contributed by atoms with Gasteiger partial charge in [-0.2, -0.15) is 0 Å². The van der Waals surface area contributed by atoms with Crippen molar-refractivity contribution in [2.75, 3.05) is 0 Å². The Morgan fingerprint density at radius 2 is 1.58 bits per heavy atom. The Labute approximate surface area is 161 Å². The monoisotopic (exact) mass is 359 g/mol. The van der Waals surface area contributed by atoms with Crippen molar-refractivity contribution in [1.82, 2.24) is 5.32 Å². The highest BCUT2D eigenvalue weighted by molar-refractivity contribution is 5.80. The molecule has 4 aliphatic carbocycles. The van der Waals surface area contributed by atoms with Crippen LogP contribution >= 0.6 is 0 Å². The molecule has 0 radical (unpaired) electrons. The third-order valence-corrected chi connectivity index (χ3v) is 9.40. The van der Waals surface area contributed by atoms with Crippen LogP contribution in [0.5, 0.6) is 0 Å². The molecule has 0 spiro atoms. The van der Waals surface area contributed by atoms with E-state index in [0.717, 1.165) is 30.1 Å². The summed E-state index contributed by atoms with van der Waals surface area (Å²) < 4.78 is 0. The van der Waals surface area contributed by atoms with E-state index in [4.69, 9.17) is 0 Å². The van der Waals surface area contributed by atoms with Gasteiger partial charge in [0.2, 0.25) is 5.91 Å². The first-order valence-corrected chi connectivity index (χ1v) is 11.5. The SMILES string of the molecule is CC(C)(C)NC(=O)[C@H]1CC[C@H]2[C@@H]3CC[C@H]4CCCC[C@]4(C)[C@H]3CC[C@]12C. The molecule has 7 atom stereocenters. The smallest absolute Gasteiger partial charge is 0.224 e. The average molecular weight is 360 g/mol. The molecule has 1 N–H and O–H groups in total. The van der Waals surface area contributed by atoms with Gasteiger partial charge in [-0.1, -0.05) is 26.7 Å². The van der Waals surface area contributed by atoms with Crippen LogP contribution in [0.1, 0.15) is 98.8 Å². The molecule has 0 unspecified atom stereocenters. The van der Waals surface area contributed by atoms with Crippen LogP contribution in [0.15, 0.2) is 0 Å². The van der Waals surface area contributed by atoms with Crippen molar-refractivity contribution < 1.29 is 4.79 Å². The number of nitrogens with one attached hydrogen (secondary N) is 1. The fraction of sp³-hybridized carbons (Fsp3) is 0.958. The Balaban J connectivity index is 1.55. The second-order valence-corrected chi connectivity index (χ2v) is 11.8. The van der Waals surface area contributed by atoms with Crippen LogP contribution in [-0.4, -0.2) is 11.4 Å². The minimum atomic E-state index is -0.115. The summed E-state index contributed by atoms with van der Waals surface area (Å²) in [6, 6.07) is 0. The lowest BCUT2D eigenvalue weighted by molar-refractivity contribution is -0.138. The van der Waals surface area contributed by atoms with E-state index in [1.165, 1.54) is 57.8 Å². The predicted molar refractivity (Wildman–Crippen MR) is 108 cm³/mol. The van der Waals surface area contributed by atoms with E-state index < -0.39 is 0 Å². The maximum atomic E-state index is 13.1. The molecule has 0 aromatic heterocycles. The summed E-state index contributed by atoms with van der Waals surface area (Å²) in [6.45, 7) is 11.5. The highest BCUT2D eigenvalue weighted by Gasteiger charge is 2.60. The van der Waals surface area contributed by atoms with Crippen LogP contribution in [-0.2, 0) is 4.79 Å². The number of carbonyl (C=O) groups is 1. The van der Waals surface area contributed by atoms with Gasteiger partial charge in [-0.15, -0.1) is 0 Å². The van der Waals surface area contributed by atoms with E-state index in [1.54, 1.807) is 0 Å².